The minimum atomic E-state index is -5.59. The van der Waals surface area contributed by atoms with Gasteiger partial charge in [0.15, 0.2) is 0 Å². The molecule has 0 aromatic heterocycles. The van der Waals surface area contributed by atoms with Crippen LogP contribution in [0.2, 0.25) is 0 Å². The Bertz CT molecular complexity index is 690. The van der Waals surface area contributed by atoms with E-state index in [4.69, 9.17) is 10.5 Å². The van der Waals surface area contributed by atoms with Crippen molar-refractivity contribution in [2.45, 2.75) is 36.6 Å². The fraction of sp³-hybridized carbons (Fsp3) is 1.00. The van der Waals surface area contributed by atoms with Crippen LogP contribution in [0, 0.1) is 0 Å². The van der Waals surface area contributed by atoms with Crippen LogP contribution in [0.15, 0.2) is 0 Å². The summed E-state index contributed by atoms with van der Waals surface area (Å²) in [5.74, 6) is 0. The second kappa shape index (κ2) is 26.8. The molecule has 0 spiro atoms. The first-order valence-electron chi connectivity index (χ1n) is 9.12. The molecule has 1 fully saturated rings. The molecule has 0 aromatic carbocycles. The zero-order valence-electron chi connectivity index (χ0n) is 19.7. The summed E-state index contributed by atoms with van der Waals surface area (Å²) in [5.41, 5.74) is 0. The number of hydrogen-bond donors (Lipinski definition) is 7. The van der Waals surface area contributed by atoms with E-state index in [2.05, 4.69) is 150 Å². The molecule has 39 heteroatoms. The van der Waals surface area contributed by atoms with Crippen LogP contribution in [0.4, 0.5) is 0 Å². The van der Waals surface area contributed by atoms with Crippen molar-refractivity contribution in [3.8, 4) is 0 Å². The molecular weight excluding hydrogens is 711 g/mol. The Hall–Kier alpha value is -1.25. The quantitative estimate of drug-likeness (QED) is 0.0153. The van der Waals surface area contributed by atoms with Crippen LogP contribution in [0.3, 0.4) is 0 Å². The van der Waals surface area contributed by atoms with Gasteiger partial charge in [-0.1, -0.05) is 9.35 Å². The van der Waals surface area contributed by atoms with Gasteiger partial charge in [-0.2, -0.15) is 0 Å². The van der Waals surface area contributed by atoms with Gasteiger partial charge >= 0.3 is 7.82 Å². The molecule has 7 atom stereocenters. The zero-order chi connectivity index (χ0) is 33.2. The molecule has 0 bridgehead atoms. The fourth-order valence-electron chi connectivity index (χ4n) is 1.88. The Kier molecular flexibility index (Phi) is 24.9. The van der Waals surface area contributed by atoms with Crippen LogP contribution in [-0.4, -0.2) is 72.7 Å². The first-order chi connectivity index (χ1) is 21.8. The van der Waals surface area contributed by atoms with Gasteiger partial charge in [0.25, 0.3) is 0 Å². The lowest BCUT2D eigenvalue weighted by molar-refractivity contribution is -0.882. The smallest absolute Gasteiger partial charge is 0.387 e. The SMILES string of the molecule is O=P(OOOOOOOOOOOOOOO)(OOOOOOOOOOOOOOOO)OC1C(O)[C@@H](O)[C@@H](O)C(O)[C@H]1O. The van der Waals surface area contributed by atoms with Gasteiger partial charge in [0.1, 0.15) is 36.6 Å². The molecule has 45 heavy (non-hydrogen) atoms. The first-order valence-corrected chi connectivity index (χ1v) is 10.6. The second-order valence-electron chi connectivity index (χ2n) is 5.47. The molecule has 0 radical (unpaired) electrons. The van der Waals surface area contributed by atoms with E-state index in [1.807, 2.05) is 0 Å². The van der Waals surface area contributed by atoms with Crippen molar-refractivity contribution in [1.82, 2.24) is 0 Å². The number of phosphoric acid groups is 1. The molecule has 38 nitrogen and oxygen atoms in total. The predicted octanol–water partition coefficient (Wildman–Crippen LogP) is -4.57. The number of rotatable bonds is 31. The van der Waals surface area contributed by atoms with E-state index in [0.29, 0.717) is 0 Å². The van der Waals surface area contributed by atoms with Crippen molar-refractivity contribution < 1.29 is 191 Å². The standard InChI is InChI=1S/C6H13O38P/c7-1-2(8)4(10)6(5(11)3(1)9)15-45(14,43-41-39-37-35-33-31-29-27-25-23-21-19-17-13)44-42-40-38-36-34-32-30-28-26-24-22-20-18-16-12/h1-13H/t1-,2+,3?,4?,5-,6?,45?/m1/s1. The summed E-state index contributed by atoms with van der Waals surface area (Å²) in [6.07, 6.45) is -13.5. The van der Waals surface area contributed by atoms with Crippen molar-refractivity contribution in [2.24, 2.45) is 0 Å². The van der Waals surface area contributed by atoms with Crippen molar-refractivity contribution in [3.05, 3.63) is 0 Å². The third-order valence-electron chi connectivity index (χ3n) is 3.27. The van der Waals surface area contributed by atoms with Gasteiger partial charge in [0.05, 0.1) is 0 Å². The molecule has 7 N–H and O–H groups in total. The lowest BCUT2D eigenvalue weighted by atomic mass is 9.85. The van der Waals surface area contributed by atoms with E-state index >= 15 is 0 Å². The van der Waals surface area contributed by atoms with E-state index in [-0.39, 0.29) is 0 Å². The monoisotopic (exact) mass is 724 g/mol. The minimum Gasteiger partial charge on any atom is -0.387 e. The highest BCUT2D eigenvalue weighted by Gasteiger charge is 2.52. The third kappa shape index (κ3) is 19.2. The lowest BCUT2D eigenvalue weighted by Crippen LogP contribution is -2.64. The summed E-state index contributed by atoms with van der Waals surface area (Å²) in [7, 11) is -5.59. The van der Waals surface area contributed by atoms with Crippen LogP contribution in [0.1, 0.15) is 0 Å². The van der Waals surface area contributed by atoms with E-state index in [0.717, 1.165) is 0 Å². The van der Waals surface area contributed by atoms with Crippen molar-refractivity contribution in [2.75, 3.05) is 0 Å². The van der Waals surface area contributed by atoms with Gasteiger partial charge in [0, 0.05) is 0 Å². The highest BCUT2D eigenvalue weighted by atomic mass is 31.2. The number of hydrogen-bond acceptors (Lipinski definition) is 38. The van der Waals surface area contributed by atoms with Gasteiger partial charge in [-0.3, -0.25) is 4.52 Å². The summed E-state index contributed by atoms with van der Waals surface area (Å²) in [6.45, 7) is 0. The van der Waals surface area contributed by atoms with Gasteiger partial charge in [0.2, 0.25) is 0 Å². The minimum absolute atomic E-state index is 2.12. The molecule has 0 saturated heterocycles. The average molecular weight is 724 g/mol. The summed E-state index contributed by atoms with van der Waals surface area (Å²) in [4.78, 5) is 0. The first kappa shape index (κ1) is 41.8. The van der Waals surface area contributed by atoms with Gasteiger partial charge in [-0.05, 0) is 136 Å². The average Bonchev–Trinajstić information content (AvgIpc) is 3.03. The van der Waals surface area contributed by atoms with Crippen LogP contribution in [0.25, 0.3) is 0 Å². The Labute approximate surface area is 236 Å². The second-order valence-corrected chi connectivity index (χ2v) is 6.87. The lowest BCUT2D eigenvalue weighted by Gasteiger charge is -2.41. The summed E-state index contributed by atoms with van der Waals surface area (Å²) >= 11 is 0. The maximum Gasteiger partial charge on any atom is 0.534 e. The molecule has 0 aromatic rings. The van der Waals surface area contributed by atoms with Crippen LogP contribution < -0.4 is 0 Å². The Morgan fingerprint density at radius 2 is 0.556 bits per heavy atom. The maximum absolute atomic E-state index is 12.6. The Morgan fingerprint density at radius 3 is 0.822 bits per heavy atom. The highest BCUT2D eigenvalue weighted by molar-refractivity contribution is 7.48. The molecular formula is C6H13O38P. The third-order valence-corrected chi connectivity index (χ3v) is 4.26. The molecule has 0 aliphatic heterocycles. The zero-order valence-corrected chi connectivity index (χ0v) is 20.6. The van der Waals surface area contributed by atoms with Crippen LogP contribution in [-0.2, 0) is 154 Å². The molecule has 0 amide bonds. The molecule has 1 rings (SSSR count). The summed E-state index contributed by atoms with van der Waals surface area (Å²) < 4.78 is 25.1. The van der Waals surface area contributed by atoms with Gasteiger partial charge < -0.3 is 25.5 Å². The van der Waals surface area contributed by atoms with Gasteiger partial charge in [-0.15, -0.1) is 0 Å². The largest absolute Gasteiger partial charge is 0.534 e. The van der Waals surface area contributed by atoms with Crippen molar-refractivity contribution in [3.63, 3.8) is 0 Å². The molecule has 1 aliphatic carbocycles. The van der Waals surface area contributed by atoms with E-state index in [1.165, 1.54) is 0 Å². The van der Waals surface area contributed by atoms with Gasteiger partial charge in [-0.25, -0.2) is 15.1 Å². The van der Waals surface area contributed by atoms with Crippen molar-refractivity contribution >= 4 is 7.82 Å². The topological polar surface area (TPSA) is 436 Å². The Balaban J connectivity index is 2.37. The van der Waals surface area contributed by atoms with E-state index < -0.39 is 44.4 Å². The predicted molar refractivity (Wildman–Crippen MR) is 79.2 cm³/mol. The molecule has 4 unspecified atom stereocenters. The fourth-order valence-corrected chi connectivity index (χ4v) is 2.72. The van der Waals surface area contributed by atoms with E-state index in [1.54, 1.807) is 0 Å². The van der Waals surface area contributed by atoms with Crippen LogP contribution >= 0.6 is 7.82 Å². The molecule has 1 aliphatic rings. The Morgan fingerprint density at radius 1 is 0.333 bits per heavy atom. The normalized spacial score (nSPS) is 25.0. The number of aliphatic hydroxyl groups is 5. The maximum atomic E-state index is 12.6. The number of aliphatic hydroxyl groups excluding tert-OH is 5. The van der Waals surface area contributed by atoms with E-state index in [9.17, 15) is 30.1 Å². The molecule has 1 saturated carbocycles. The summed E-state index contributed by atoms with van der Waals surface area (Å²) in [5, 5.41) is 157. The van der Waals surface area contributed by atoms with Crippen molar-refractivity contribution in [1.29, 1.82) is 0 Å². The summed E-state index contributed by atoms with van der Waals surface area (Å²) in [6, 6.07) is 0. The van der Waals surface area contributed by atoms with Crippen LogP contribution in [0.5, 0.6) is 0 Å². The highest BCUT2D eigenvalue weighted by Crippen LogP contribution is 2.52. The molecule has 0 heterocycles. The molecule has 270 valence electrons.